The third kappa shape index (κ3) is 5.87. The van der Waals surface area contributed by atoms with Crippen molar-refractivity contribution < 1.29 is 14.3 Å². The second kappa shape index (κ2) is 9.74. The Kier molecular flexibility index (Phi) is 7.66. The van der Waals surface area contributed by atoms with E-state index >= 15 is 0 Å². The molecule has 5 nitrogen and oxygen atoms in total. The zero-order valence-electron chi connectivity index (χ0n) is 14.5. The van der Waals surface area contributed by atoms with E-state index in [4.69, 9.17) is 21.1 Å². The number of nitrogens with zero attached hydrogens (tertiary/aromatic N) is 1. The number of rotatable bonds is 8. The Hall–Kier alpha value is -1.46. The molecule has 0 aromatic heterocycles. The second-order valence-corrected chi connectivity index (χ2v) is 6.61. The molecule has 0 unspecified atom stereocenters. The van der Waals surface area contributed by atoms with Gasteiger partial charge in [0.15, 0.2) is 0 Å². The lowest BCUT2D eigenvalue weighted by molar-refractivity contribution is 0.102. The Morgan fingerprint density at radius 2 is 2.29 bits per heavy atom. The Balaban J connectivity index is 1.69. The molecule has 0 spiro atoms. The van der Waals surface area contributed by atoms with Crippen LogP contribution in [-0.2, 0) is 11.3 Å². The van der Waals surface area contributed by atoms with Crippen molar-refractivity contribution in [3.63, 3.8) is 0 Å². The van der Waals surface area contributed by atoms with Gasteiger partial charge in [0.25, 0.3) is 0 Å². The summed E-state index contributed by atoms with van der Waals surface area (Å²) in [6, 6.07) is 5.33. The molecule has 6 heteroatoms. The quantitative estimate of drug-likeness (QED) is 0.721. The van der Waals surface area contributed by atoms with E-state index in [9.17, 15) is 4.79 Å². The number of hydrogen-bond acceptors (Lipinski definition) is 3. The minimum absolute atomic E-state index is 0.0888. The molecule has 1 heterocycles. The largest absolute Gasteiger partial charge is 0.496 e. The highest BCUT2D eigenvalue weighted by Crippen LogP contribution is 2.23. The van der Waals surface area contributed by atoms with Gasteiger partial charge in [-0.25, -0.2) is 4.79 Å². The van der Waals surface area contributed by atoms with Crippen LogP contribution in [0, 0.1) is 0 Å². The van der Waals surface area contributed by atoms with Crippen LogP contribution < -0.4 is 10.1 Å². The summed E-state index contributed by atoms with van der Waals surface area (Å²) in [6.45, 7) is 2.03. The number of hydrogen-bond donors (Lipinski definition) is 1. The summed E-state index contributed by atoms with van der Waals surface area (Å²) in [6.07, 6.45) is 5.93. The molecule has 1 fully saturated rings. The van der Waals surface area contributed by atoms with E-state index in [1.165, 1.54) is 12.8 Å². The van der Waals surface area contributed by atoms with Gasteiger partial charge in [0.1, 0.15) is 5.75 Å². The van der Waals surface area contributed by atoms with Crippen molar-refractivity contribution in [3.05, 3.63) is 28.8 Å². The van der Waals surface area contributed by atoms with Crippen molar-refractivity contribution in [2.75, 3.05) is 27.3 Å². The van der Waals surface area contributed by atoms with E-state index in [1.54, 1.807) is 25.1 Å². The van der Waals surface area contributed by atoms with E-state index in [-0.39, 0.29) is 6.03 Å². The Morgan fingerprint density at radius 1 is 1.46 bits per heavy atom. The monoisotopic (exact) mass is 354 g/mol. The fraction of sp³-hybridized carbons (Fsp3) is 0.611. The van der Waals surface area contributed by atoms with E-state index < -0.39 is 0 Å². The maximum atomic E-state index is 12.2. The van der Waals surface area contributed by atoms with Crippen LogP contribution in [0.3, 0.4) is 0 Å². The highest BCUT2D eigenvalue weighted by molar-refractivity contribution is 6.30. The number of urea groups is 1. The fourth-order valence-corrected chi connectivity index (χ4v) is 3.09. The minimum Gasteiger partial charge on any atom is -0.496 e. The van der Waals surface area contributed by atoms with Crippen LogP contribution >= 0.6 is 11.6 Å². The van der Waals surface area contributed by atoms with Crippen molar-refractivity contribution in [1.29, 1.82) is 0 Å². The van der Waals surface area contributed by atoms with Crippen LogP contribution in [0.15, 0.2) is 18.2 Å². The number of methoxy groups -OCH3 is 1. The standard InChI is InChI=1S/C18H27ClN2O3/c1-21(13-14-12-15(19)8-9-17(14)23-2)18(22)20-10-4-3-6-16-7-5-11-24-16/h8-9,12,16H,3-7,10-11,13H2,1-2H3,(H,20,22)/t16-/m1/s1. The maximum Gasteiger partial charge on any atom is 0.317 e. The molecule has 1 aromatic carbocycles. The normalized spacial score (nSPS) is 16.9. The van der Waals surface area contributed by atoms with E-state index in [0.29, 0.717) is 24.2 Å². The molecule has 134 valence electrons. The molecule has 24 heavy (non-hydrogen) atoms. The lowest BCUT2D eigenvalue weighted by Crippen LogP contribution is -2.37. The zero-order chi connectivity index (χ0) is 17.4. The molecule has 1 atom stereocenters. The molecule has 0 radical (unpaired) electrons. The summed E-state index contributed by atoms with van der Waals surface area (Å²) >= 11 is 6.02. The number of carbonyl (C=O) groups excluding carboxylic acids is 1. The lowest BCUT2D eigenvalue weighted by Gasteiger charge is -2.19. The summed E-state index contributed by atoms with van der Waals surface area (Å²) in [5.74, 6) is 0.732. The van der Waals surface area contributed by atoms with Crippen molar-refractivity contribution in [2.24, 2.45) is 0 Å². The third-order valence-electron chi connectivity index (χ3n) is 4.25. The van der Waals surface area contributed by atoms with Gasteiger partial charge in [-0.1, -0.05) is 11.6 Å². The SMILES string of the molecule is COc1ccc(Cl)cc1CN(C)C(=O)NCCCC[C@@H]1CCCO1. The number of halogens is 1. The van der Waals surface area contributed by atoms with Crippen LogP contribution in [-0.4, -0.2) is 44.3 Å². The van der Waals surface area contributed by atoms with Gasteiger partial charge in [-0.2, -0.15) is 0 Å². The topological polar surface area (TPSA) is 50.8 Å². The molecule has 0 bridgehead atoms. The van der Waals surface area contributed by atoms with Crippen LogP contribution in [0.5, 0.6) is 5.75 Å². The highest BCUT2D eigenvalue weighted by atomic mass is 35.5. The predicted molar refractivity (Wildman–Crippen MR) is 95.7 cm³/mol. The molecule has 1 aromatic rings. The zero-order valence-corrected chi connectivity index (χ0v) is 15.3. The number of amides is 2. The van der Waals surface area contributed by atoms with Crippen molar-refractivity contribution in [2.45, 2.75) is 44.8 Å². The maximum absolute atomic E-state index is 12.2. The average molecular weight is 355 g/mol. The number of carbonyl (C=O) groups is 1. The first-order chi connectivity index (χ1) is 11.6. The van der Waals surface area contributed by atoms with E-state index in [0.717, 1.165) is 37.2 Å². The summed E-state index contributed by atoms with van der Waals surface area (Å²) < 4.78 is 10.9. The van der Waals surface area contributed by atoms with Gasteiger partial charge in [0, 0.05) is 30.8 Å². The van der Waals surface area contributed by atoms with Crippen LogP contribution in [0.25, 0.3) is 0 Å². The molecule has 1 aliphatic heterocycles. The predicted octanol–water partition coefficient (Wildman–Crippen LogP) is 3.84. The molecule has 0 aliphatic carbocycles. The Bertz CT molecular complexity index is 533. The van der Waals surface area contributed by atoms with E-state index in [1.807, 2.05) is 12.1 Å². The number of nitrogens with one attached hydrogen (secondary N) is 1. The van der Waals surface area contributed by atoms with Crippen molar-refractivity contribution in [3.8, 4) is 5.75 Å². The third-order valence-corrected chi connectivity index (χ3v) is 4.48. The molecule has 1 N–H and O–H groups in total. The summed E-state index contributed by atoms with van der Waals surface area (Å²) in [7, 11) is 3.38. The molecule has 0 saturated carbocycles. The minimum atomic E-state index is -0.0888. The summed E-state index contributed by atoms with van der Waals surface area (Å²) in [5, 5.41) is 3.59. The molecular formula is C18H27ClN2O3. The second-order valence-electron chi connectivity index (χ2n) is 6.17. The van der Waals surface area contributed by atoms with Gasteiger partial charge >= 0.3 is 6.03 Å². The van der Waals surface area contributed by atoms with Crippen molar-refractivity contribution in [1.82, 2.24) is 10.2 Å². The van der Waals surface area contributed by atoms with E-state index in [2.05, 4.69) is 5.32 Å². The summed E-state index contributed by atoms with van der Waals surface area (Å²) in [4.78, 5) is 13.8. The molecule has 2 rings (SSSR count). The molecule has 2 amide bonds. The first-order valence-corrected chi connectivity index (χ1v) is 8.91. The van der Waals surface area contributed by atoms with Gasteiger partial charge in [-0.3, -0.25) is 0 Å². The number of ether oxygens (including phenoxy) is 2. The first kappa shape index (κ1) is 18.9. The van der Waals surface area contributed by atoms with Gasteiger partial charge < -0.3 is 19.7 Å². The average Bonchev–Trinajstić information content (AvgIpc) is 3.08. The smallest absolute Gasteiger partial charge is 0.317 e. The Labute approximate surface area is 149 Å². The molecular weight excluding hydrogens is 328 g/mol. The highest BCUT2D eigenvalue weighted by Gasteiger charge is 2.15. The molecule has 1 saturated heterocycles. The number of benzene rings is 1. The van der Waals surface area contributed by atoms with Crippen LogP contribution in [0.2, 0.25) is 5.02 Å². The van der Waals surface area contributed by atoms with Gasteiger partial charge in [0.2, 0.25) is 0 Å². The summed E-state index contributed by atoms with van der Waals surface area (Å²) in [5.41, 5.74) is 0.890. The fourth-order valence-electron chi connectivity index (χ4n) is 2.90. The van der Waals surface area contributed by atoms with Gasteiger partial charge in [0.05, 0.1) is 19.8 Å². The van der Waals surface area contributed by atoms with Crippen LogP contribution in [0.1, 0.15) is 37.7 Å². The first-order valence-electron chi connectivity index (χ1n) is 8.53. The van der Waals surface area contributed by atoms with Crippen molar-refractivity contribution >= 4 is 17.6 Å². The van der Waals surface area contributed by atoms with Crippen LogP contribution in [0.4, 0.5) is 4.79 Å². The number of unbranched alkanes of at least 4 members (excludes halogenated alkanes) is 1. The van der Waals surface area contributed by atoms with Gasteiger partial charge in [-0.15, -0.1) is 0 Å². The molecule has 1 aliphatic rings. The van der Waals surface area contributed by atoms with Gasteiger partial charge in [-0.05, 0) is 50.3 Å². The lowest BCUT2D eigenvalue weighted by atomic mass is 10.1. The Morgan fingerprint density at radius 3 is 3.00 bits per heavy atom.